The first-order chi connectivity index (χ1) is 5.74. The molecule has 68 valence electrons. The van der Waals surface area contributed by atoms with E-state index in [1.54, 1.807) is 12.1 Å². The van der Waals surface area contributed by atoms with Gasteiger partial charge in [-0.2, -0.15) is 0 Å². The van der Waals surface area contributed by atoms with E-state index in [1.807, 2.05) is 6.92 Å². The molecule has 0 saturated heterocycles. The Morgan fingerprint density at radius 3 is 1.92 bits per heavy atom. The van der Waals surface area contributed by atoms with Gasteiger partial charge in [-0.15, -0.1) is 0 Å². The summed E-state index contributed by atoms with van der Waals surface area (Å²) in [5, 5.41) is 0. The van der Waals surface area contributed by atoms with Crippen LogP contribution in [-0.2, 0) is 6.54 Å². The largest absolute Gasteiger partial charge is 0.331 e. The van der Waals surface area contributed by atoms with E-state index in [-0.39, 0.29) is 5.82 Å². The molecule has 0 radical (unpaired) electrons. The summed E-state index contributed by atoms with van der Waals surface area (Å²) < 4.78 is 12.2. The summed E-state index contributed by atoms with van der Waals surface area (Å²) in [6.45, 7) is 3.13. The Kier molecular flexibility index (Phi) is 6.24. The zero-order chi connectivity index (χ0) is 9.40. The van der Waals surface area contributed by atoms with E-state index in [0.29, 0.717) is 6.54 Å². The SMILES string of the molecule is CCN.NCc1ccc(F)cc1. The Bertz CT molecular complexity index is 196. The van der Waals surface area contributed by atoms with Gasteiger partial charge >= 0.3 is 0 Å². The van der Waals surface area contributed by atoms with E-state index in [0.717, 1.165) is 12.1 Å². The fourth-order valence-corrected chi connectivity index (χ4v) is 0.620. The summed E-state index contributed by atoms with van der Waals surface area (Å²) in [7, 11) is 0. The van der Waals surface area contributed by atoms with Gasteiger partial charge in [-0.05, 0) is 24.2 Å². The highest BCUT2D eigenvalue weighted by atomic mass is 19.1. The van der Waals surface area contributed by atoms with Crippen molar-refractivity contribution in [2.75, 3.05) is 6.54 Å². The quantitative estimate of drug-likeness (QED) is 0.666. The van der Waals surface area contributed by atoms with Crippen LogP contribution in [0.3, 0.4) is 0 Å². The highest BCUT2D eigenvalue weighted by molar-refractivity contribution is 5.15. The first-order valence-corrected chi connectivity index (χ1v) is 3.89. The molecule has 2 nitrogen and oxygen atoms in total. The van der Waals surface area contributed by atoms with Crippen molar-refractivity contribution in [3.63, 3.8) is 0 Å². The molecular weight excluding hydrogens is 155 g/mol. The molecule has 0 bridgehead atoms. The number of hydrogen-bond acceptors (Lipinski definition) is 2. The van der Waals surface area contributed by atoms with Crippen molar-refractivity contribution in [1.82, 2.24) is 0 Å². The summed E-state index contributed by atoms with van der Waals surface area (Å²) in [6.07, 6.45) is 0. The molecule has 0 aliphatic heterocycles. The van der Waals surface area contributed by atoms with Crippen LogP contribution in [0.4, 0.5) is 4.39 Å². The van der Waals surface area contributed by atoms with Gasteiger partial charge in [0.25, 0.3) is 0 Å². The van der Waals surface area contributed by atoms with Crippen LogP contribution in [0.25, 0.3) is 0 Å². The maximum atomic E-state index is 12.2. The molecule has 3 heteroatoms. The van der Waals surface area contributed by atoms with E-state index < -0.39 is 0 Å². The fourth-order valence-electron chi connectivity index (χ4n) is 0.620. The summed E-state index contributed by atoms with van der Waals surface area (Å²) >= 11 is 0. The molecular formula is C9H15FN2. The highest BCUT2D eigenvalue weighted by Crippen LogP contribution is 2.00. The number of halogens is 1. The second-order valence-electron chi connectivity index (χ2n) is 2.24. The lowest BCUT2D eigenvalue weighted by molar-refractivity contribution is 0.627. The van der Waals surface area contributed by atoms with Crippen molar-refractivity contribution >= 4 is 0 Å². The summed E-state index contributed by atoms with van der Waals surface area (Å²) in [6, 6.07) is 6.16. The molecule has 0 aliphatic rings. The monoisotopic (exact) mass is 170 g/mol. The minimum atomic E-state index is -0.216. The van der Waals surface area contributed by atoms with Gasteiger partial charge in [-0.3, -0.25) is 0 Å². The van der Waals surface area contributed by atoms with Crippen molar-refractivity contribution in [2.24, 2.45) is 11.5 Å². The number of nitrogens with two attached hydrogens (primary N) is 2. The van der Waals surface area contributed by atoms with Crippen molar-refractivity contribution in [2.45, 2.75) is 13.5 Å². The van der Waals surface area contributed by atoms with Crippen molar-refractivity contribution in [1.29, 1.82) is 0 Å². The number of benzene rings is 1. The molecule has 0 unspecified atom stereocenters. The lowest BCUT2D eigenvalue weighted by Gasteiger charge is -1.92. The van der Waals surface area contributed by atoms with Gasteiger partial charge in [0.2, 0.25) is 0 Å². The summed E-state index contributed by atoms with van der Waals surface area (Å²) in [5.41, 5.74) is 11.1. The van der Waals surface area contributed by atoms with E-state index in [2.05, 4.69) is 0 Å². The molecule has 0 aromatic heterocycles. The van der Waals surface area contributed by atoms with E-state index >= 15 is 0 Å². The third-order valence-electron chi connectivity index (χ3n) is 1.15. The first kappa shape index (κ1) is 11.1. The smallest absolute Gasteiger partial charge is 0.123 e. The van der Waals surface area contributed by atoms with Crippen LogP contribution in [0.15, 0.2) is 24.3 Å². The molecule has 1 aromatic carbocycles. The first-order valence-electron chi connectivity index (χ1n) is 3.89. The van der Waals surface area contributed by atoms with Crippen LogP contribution in [-0.4, -0.2) is 6.54 Å². The van der Waals surface area contributed by atoms with Crippen LogP contribution < -0.4 is 11.5 Å². The van der Waals surface area contributed by atoms with Gasteiger partial charge in [0.05, 0.1) is 0 Å². The molecule has 0 atom stereocenters. The third kappa shape index (κ3) is 4.82. The zero-order valence-electron chi connectivity index (χ0n) is 7.26. The highest BCUT2D eigenvalue weighted by Gasteiger charge is 1.87. The van der Waals surface area contributed by atoms with E-state index in [9.17, 15) is 4.39 Å². The lowest BCUT2D eigenvalue weighted by Crippen LogP contribution is -1.94. The van der Waals surface area contributed by atoms with Crippen LogP contribution in [0.2, 0.25) is 0 Å². The minimum absolute atomic E-state index is 0.216. The standard InChI is InChI=1S/C7H8FN.C2H7N/c8-7-3-1-6(5-9)2-4-7;1-2-3/h1-4H,5,9H2;2-3H2,1H3. The van der Waals surface area contributed by atoms with Gasteiger partial charge < -0.3 is 11.5 Å². The van der Waals surface area contributed by atoms with Crippen LogP contribution >= 0.6 is 0 Å². The molecule has 0 saturated carbocycles. The van der Waals surface area contributed by atoms with E-state index in [1.165, 1.54) is 12.1 Å². The molecule has 0 aliphatic carbocycles. The van der Waals surface area contributed by atoms with Crippen LogP contribution in [0.1, 0.15) is 12.5 Å². The second-order valence-corrected chi connectivity index (χ2v) is 2.24. The molecule has 12 heavy (non-hydrogen) atoms. The maximum Gasteiger partial charge on any atom is 0.123 e. The third-order valence-corrected chi connectivity index (χ3v) is 1.15. The lowest BCUT2D eigenvalue weighted by atomic mass is 10.2. The predicted octanol–water partition coefficient (Wildman–Crippen LogP) is 1.25. The predicted molar refractivity (Wildman–Crippen MR) is 49.0 cm³/mol. The average Bonchev–Trinajstić information content (AvgIpc) is 2.07. The Labute approximate surface area is 72.4 Å². The van der Waals surface area contributed by atoms with E-state index in [4.69, 9.17) is 11.5 Å². The molecule has 0 heterocycles. The Hall–Kier alpha value is -0.930. The summed E-state index contributed by atoms with van der Waals surface area (Å²) in [5.74, 6) is -0.216. The van der Waals surface area contributed by atoms with Crippen molar-refractivity contribution in [3.05, 3.63) is 35.6 Å². The minimum Gasteiger partial charge on any atom is -0.331 e. The number of rotatable bonds is 1. The van der Waals surface area contributed by atoms with Crippen molar-refractivity contribution < 1.29 is 4.39 Å². The topological polar surface area (TPSA) is 52.0 Å². The van der Waals surface area contributed by atoms with Gasteiger partial charge in [0, 0.05) is 6.54 Å². The Morgan fingerprint density at radius 1 is 1.17 bits per heavy atom. The molecule has 4 N–H and O–H groups in total. The fraction of sp³-hybridized carbons (Fsp3) is 0.333. The molecule has 0 fully saturated rings. The average molecular weight is 170 g/mol. The zero-order valence-corrected chi connectivity index (χ0v) is 7.26. The molecule has 0 spiro atoms. The molecule has 0 amide bonds. The molecule has 1 rings (SSSR count). The molecule has 1 aromatic rings. The Morgan fingerprint density at radius 2 is 1.58 bits per heavy atom. The summed E-state index contributed by atoms with van der Waals surface area (Å²) in [4.78, 5) is 0. The van der Waals surface area contributed by atoms with Crippen molar-refractivity contribution in [3.8, 4) is 0 Å². The Balaban J connectivity index is 0.000000354. The maximum absolute atomic E-state index is 12.2. The second kappa shape index (κ2) is 6.76. The van der Waals surface area contributed by atoms with Gasteiger partial charge in [-0.1, -0.05) is 19.1 Å². The van der Waals surface area contributed by atoms with Gasteiger partial charge in [0.1, 0.15) is 5.82 Å². The van der Waals surface area contributed by atoms with Gasteiger partial charge in [0.15, 0.2) is 0 Å². The normalized spacial score (nSPS) is 8.67. The van der Waals surface area contributed by atoms with Gasteiger partial charge in [-0.25, -0.2) is 4.39 Å². The van der Waals surface area contributed by atoms with Crippen LogP contribution in [0.5, 0.6) is 0 Å². The van der Waals surface area contributed by atoms with Crippen LogP contribution in [0, 0.1) is 5.82 Å². The number of hydrogen-bond donors (Lipinski definition) is 2.